The average molecular weight is 454 g/mol. The van der Waals surface area contributed by atoms with Crippen molar-refractivity contribution in [1.82, 2.24) is 9.21 Å². The van der Waals surface area contributed by atoms with Crippen LogP contribution in [0.15, 0.2) is 66.1 Å². The Hall–Kier alpha value is -3.15. The van der Waals surface area contributed by atoms with Gasteiger partial charge in [0, 0.05) is 26.2 Å². The molecule has 1 amide bonds. The van der Waals surface area contributed by atoms with E-state index < -0.39 is 15.9 Å². The summed E-state index contributed by atoms with van der Waals surface area (Å²) in [7, 11) is -2.18. The van der Waals surface area contributed by atoms with Gasteiger partial charge in [-0.15, -0.1) is 6.58 Å². The first-order chi connectivity index (χ1) is 15.4. The SMILES string of the molecule is C=CCN(Cc1ccc(C#N)cc1)C(=O)C1CCCN(S(=O)(=O)c2ccc(OC)cc2)C1. The van der Waals surface area contributed by atoms with Gasteiger partial charge in [0.2, 0.25) is 15.9 Å². The monoisotopic (exact) mass is 453 g/mol. The molecule has 2 aromatic rings. The lowest BCUT2D eigenvalue weighted by Gasteiger charge is -2.34. The Kier molecular flexibility index (Phi) is 7.67. The Labute approximate surface area is 189 Å². The van der Waals surface area contributed by atoms with Crippen molar-refractivity contribution >= 4 is 15.9 Å². The first-order valence-electron chi connectivity index (χ1n) is 10.4. The van der Waals surface area contributed by atoms with E-state index in [4.69, 9.17) is 10.00 Å². The van der Waals surface area contributed by atoms with Crippen molar-refractivity contribution in [1.29, 1.82) is 5.26 Å². The summed E-state index contributed by atoms with van der Waals surface area (Å²) in [5.41, 5.74) is 1.46. The molecule has 8 heteroatoms. The highest BCUT2D eigenvalue weighted by atomic mass is 32.2. The van der Waals surface area contributed by atoms with Crippen LogP contribution in [0.2, 0.25) is 0 Å². The minimum absolute atomic E-state index is 0.0936. The summed E-state index contributed by atoms with van der Waals surface area (Å²) in [6.45, 7) is 5.02. The molecular formula is C24H27N3O4S. The van der Waals surface area contributed by atoms with E-state index in [0.29, 0.717) is 43.8 Å². The summed E-state index contributed by atoms with van der Waals surface area (Å²) in [5.74, 6) is 0.0671. The Morgan fingerprint density at radius 2 is 1.94 bits per heavy atom. The second-order valence-electron chi connectivity index (χ2n) is 7.69. The average Bonchev–Trinajstić information content (AvgIpc) is 2.84. The lowest BCUT2D eigenvalue weighted by molar-refractivity contribution is -0.136. The number of nitriles is 1. The van der Waals surface area contributed by atoms with E-state index in [1.54, 1.807) is 35.2 Å². The molecule has 168 valence electrons. The lowest BCUT2D eigenvalue weighted by Crippen LogP contribution is -2.46. The highest BCUT2D eigenvalue weighted by molar-refractivity contribution is 7.89. The summed E-state index contributed by atoms with van der Waals surface area (Å²) in [4.78, 5) is 15.2. The third-order valence-electron chi connectivity index (χ3n) is 5.55. The Morgan fingerprint density at radius 1 is 1.25 bits per heavy atom. The van der Waals surface area contributed by atoms with Gasteiger partial charge in [0.15, 0.2) is 0 Å². The number of amides is 1. The number of carbonyl (C=O) groups is 1. The summed E-state index contributed by atoms with van der Waals surface area (Å²) in [5, 5.41) is 8.96. The van der Waals surface area contributed by atoms with Gasteiger partial charge < -0.3 is 9.64 Å². The van der Waals surface area contributed by atoms with Crippen molar-refractivity contribution in [2.45, 2.75) is 24.3 Å². The van der Waals surface area contributed by atoms with Crippen LogP contribution in [-0.4, -0.2) is 50.3 Å². The maximum Gasteiger partial charge on any atom is 0.243 e. The molecule has 0 spiro atoms. The van der Waals surface area contributed by atoms with Gasteiger partial charge in [0.25, 0.3) is 0 Å². The van der Waals surface area contributed by atoms with Gasteiger partial charge in [0.1, 0.15) is 5.75 Å². The topological polar surface area (TPSA) is 90.7 Å². The molecule has 1 unspecified atom stereocenters. The lowest BCUT2D eigenvalue weighted by atomic mass is 9.97. The third-order valence-corrected chi connectivity index (χ3v) is 7.43. The zero-order valence-electron chi connectivity index (χ0n) is 18.1. The molecule has 0 saturated carbocycles. The molecule has 1 saturated heterocycles. The first kappa shape index (κ1) is 23.5. The number of methoxy groups -OCH3 is 1. The smallest absolute Gasteiger partial charge is 0.243 e. The fourth-order valence-corrected chi connectivity index (χ4v) is 5.33. The van der Waals surface area contributed by atoms with E-state index in [9.17, 15) is 13.2 Å². The minimum Gasteiger partial charge on any atom is -0.497 e. The molecule has 7 nitrogen and oxygen atoms in total. The van der Waals surface area contributed by atoms with E-state index >= 15 is 0 Å². The molecule has 32 heavy (non-hydrogen) atoms. The van der Waals surface area contributed by atoms with Crippen molar-refractivity contribution in [3.8, 4) is 11.8 Å². The molecular weight excluding hydrogens is 426 g/mol. The second-order valence-corrected chi connectivity index (χ2v) is 9.63. The predicted molar refractivity (Wildman–Crippen MR) is 121 cm³/mol. The minimum atomic E-state index is -3.70. The quantitative estimate of drug-likeness (QED) is 0.573. The summed E-state index contributed by atoms with van der Waals surface area (Å²) in [6, 6.07) is 15.4. The van der Waals surface area contributed by atoms with Gasteiger partial charge in [-0.1, -0.05) is 18.2 Å². The van der Waals surface area contributed by atoms with Crippen LogP contribution in [0.5, 0.6) is 5.75 Å². The number of nitrogens with zero attached hydrogens (tertiary/aromatic N) is 3. The molecule has 2 aromatic carbocycles. The van der Waals surface area contributed by atoms with Crippen LogP contribution in [0.4, 0.5) is 0 Å². The molecule has 0 bridgehead atoms. The van der Waals surface area contributed by atoms with Crippen LogP contribution in [0, 0.1) is 17.2 Å². The van der Waals surface area contributed by atoms with Crippen molar-refractivity contribution in [2.24, 2.45) is 5.92 Å². The molecule has 0 aliphatic carbocycles. The van der Waals surface area contributed by atoms with E-state index in [-0.39, 0.29) is 17.3 Å². The molecule has 1 aliphatic rings. The second kappa shape index (κ2) is 10.4. The van der Waals surface area contributed by atoms with E-state index in [1.165, 1.54) is 23.5 Å². The van der Waals surface area contributed by atoms with Gasteiger partial charge in [-0.2, -0.15) is 9.57 Å². The number of rotatable bonds is 8. The Balaban J connectivity index is 1.74. The summed E-state index contributed by atoms with van der Waals surface area (Å²) >= 11 is 0. The van der Waals surface area contributed by atoms with Crippen molar-refractivity contribution in [3.05, 3.63) is 72.3 Å². The maximum atomic E-state index is 13.3. The van der Waals surface area contributed by atoms with Crippen molar-refractivity contribution < 1.29 is 17.9 Å². The number of hydrogen-bond acceptors (Lipinski definition) is 5. The standard InChI is InChI=1S/C24H27N3O4S/c1-3-14-26(17-20-8-6-19(16-25)7-9-20)24(28)21-5-4-15-27(18-21)32(29,30)23-12-10-22(31-2)11-13-23/h3,6-13,21H,1,4-5,14-15,17-18H2,2H3. The largest absolute Gasteiger partial charge is 0.497 e. The van der Waals surface area contributed by atoms with Gasteiger partial charge in [0.05, 0.1) is 29.6 Å². The third kappa shape index (κ3) is 5.36. The van der Waals surface area contributed by atoms with E-state index in [1.807, 2.05) is 12.1 Å². The number of hydrogen-bond donors (Lipinski definition) is 0. The zero-order valence-corrected chi connectivity index (χ0v) is 18.9. The predicted octanol–water partition coefficient (Wildman–Crippen LogP) is 3.18. The highest BCUT2D eigenvalue weighted by Crippen LogP contribution is 2.26. The zero-order chi connectivity index (χ0) is 23.1. The Bertz CT molecular complexity index is 1090. The molecule has 1 heterocycles. The molecule has 0 aromatic heterocycles. The molecule has 1 fully saturated rings. The van der Waals surface area contributed by atoms with Gasteiger partial charge in [-0.3, -0.25) is 4.79 Å². The van der Waals surface area contributed by atoms with Crippen molar-refractivity contribution in [2.75, 3.05) is 26.7 Å². The van der Waals surface area contributed by atoms with E-state index in [0.717, 1.165) is 5.56 Å². The number of piperidine rings is 1. The van der Waals surface area contributed by atoms with Gasteiger partial charge >= 0.3 is 0 Å². The molecule has 1 aliphatic heterocycles. The van der Waals surface area contributed by atoms with Crippen LogP contribution in [0.25, 0.3) is 0 Å². The van der Waals surface area contributed by atoms with Crippen LogP contribution in [0.1, 0.15) is 24.0 Å². The molecule has 0 radical (unpaired) electrons. The summed E-state index contributed by atoms with van der Waals surface area (Å²) < 4.78 is 32.7. The summed E-state index contributed by atoms with van der Waals surface area (Å²) in [6.07, 6.45) is 2.91. The number of carbonyl (C=O) groups excluding carboxylic acids is 1. The Morgan fingerprint density at radius 3 is 2.53 bits per heavy atom. The molecule has 1 atom stereocenters. The van der Waals surface area contributed by atoms with Gasteiger partial charge in [-0.05, 0) is 54.8 Å². The molecule has 3 rings (SSSR count). The van der Waals surface area contributed by atoms with Crippen molar-refractivity contribution in [3.63, 3.8) is 0 Å². The van der Waals surface area contributed by atoms with Gasteiger partial charge in [-0.25, -0.2) is 8.42 Å². The van der Waals surface area contributed by atoms with Crippen LogP contribution in [0.3, 0.4) is 0 Å². The normalized spacial score (nSPS) is 16.7. The van der Waals surface area contributed by atoms with Crippen LogP contribution in [-0.2, 0) is 21.4 Å². The first-order valence-corrected chi connectivity index (χ1v) is 11.9. The van der Waals surface area contributed by atoms with Crippen LogP contribution < -0.4 is 4.74 Å². The van der Waals surface area contributed by atoms with Crippen LogP contribution >= 0.6 is 0 Å². The molecule has 0 N–H and O–H groups in total. The van der Waals surface area contributed by atoms with E-state index in [2.05, 4.69) is 12.6 Å². The fraction of sp³-hybridized carbons (Fsp3) is 0.333. The maximum absolute atomic E-state index is 13.3. The number of sulfonamides is 1. The number of ether oxygens (including phenoxy) is 1. The highest BCUT2D eigenvalue weighted by Gasteiger charge is 2.35. The number of benzene rings is 2. The fourth-order valence-electron chi connectivity index (χ4n) is 3.81.